The van der Waals surface area contributed by atoms with Gasteiger partial charge in [0.2, 0.25) is 0 Å². The maximum atomic E-state index is 12.1. The normalized spacial score (nSPS) is 23.7. The molecule has 0 aliphatic heterocycles. The second-order valence-electron chi connectivity index (χ2n) is 4.75. The van der Waals surface area contributed by atoms with Gasteiger partial charge in [0.1, 0.15) is 0 Å². The molecule has 0 aromatic heterocycles. The molecule has 2 atom stereocenters. The molecule has 1 aliphatic carbocycles. The van der Waals surface area contributed by atoms with Crippen LogP contribution in [-0.2, 0) is 0 Å². The molecule has 0 spiro atoms. The van der Waals surface area contributed by atoms with E-state index in [0.29, 0.717) is 10.7 Å². The number of benzene rings is 1. The van der Waals surface area contributed by atoms with Crippen LogP contribution in [0.4, 0.5) is 0 Å². The van der Waals surface area contributed by atoms with Gasteiger partial charge in [0, 0.05) is 14.9 Å². The number of halogens is 2. The van der Waals surface area contributed by atoms with Gasteiger partial charge in [-0.15, -0.1) is 0 Å². The molecule has 1 aliphatic rings. The first-order valence-electron chi connectivity index (χ1n) is 6.35. The fraction of sp³-hybridized carbons (Fsp3) is 0.500. The van der Waals surface area contributed by atoms with Crippen molar-refractivity contribution < 1.29 is 4.79 Å². The largest absolute Gasteiger partial charge is 0.352 e. The number of hydrogen-bond acceptors (Lipinski definition) is 1. The van der Waals surface area contributed by atoms with E-state index in [9.17, 15) is 4.79 Å². The van der Waals surface area contributed by atoms with Crippen LogP contribution < -0.4 is 5.32 Å². The van der Waals surface area contributed by atoms with Gasteiger partial charge in [-0.05, 0) is 53.5 Å². The molecule has 0 heterocycles. The molecule has 1 amide bonds. The first kappa shape index (κ1) is 14.3. The third-order valence-electron chi connectivity index (χ3n) is 3.46. The van der Waals surface area contributed by atoms with Crippen molar-refractivity contribution in [2.75, 3.05) is 6.54 Å². The number of nitrogens with one attached hydrogen (secondary N) is 1. The van der Waals surface area contributed by atoms with Crippen LogP contribution in [0.5, 0.6) is 0 Å². The van der Waals surface area contributed by atoms with Gasteiger partial charge < -0.3 is 5.32 Å². The number of hydrogen-bond donors (Lipinski definition) is 1. The Hall–Kier alpha value is -0.100. The van der Waals surface area contributed by atoms with Gasteiger partial charge in [-0.2, -0.15) is 0 Å². The Morgan fingerprint density at radius 1 is 1.33 bits per heavy atom. The van der Waals surface area contributed by atoms with Crippen molar-refractivity contribution in [2.45, 2.75) is 30.5 Å². The molecule has 1 saturated carbocycles. The molecule has 0 bridgehead atoms. The van der Waals surface area contributed by atoms with Gasteiger partial charge in [0.05, 0.1) is 5.56 Å². The molecular formula is C14H17BrINO. The van der Waals surface area contributed by atoms with Gasteiger partial charge in [-0.25, -0.2) is 0 Å². The maximum Gasteiger partial charge on any atom is 0.252 e. The minimum absolute atomic E-state index is 0.0465. The summed E-state index contributed by atoms with van der Waals surface area (Å²) >= 11 is 5.93. The highest BCUT2D eigenvalue weighted by Crippen LogP contribution is 2.29. The lowest BCUT2D eigenvalue weighted by molar-refractivity contribution is 0.0943. The quantitative estimate of drug-likeness (QED) is 0.580. The van der Waals surface area contributed by atoms with E-state index >= 15 is 0 Å². The minimum Gasteiger partial charge on any atom is -0.352 e. The van der Waals surface area contributed by atoms with Crippen LogP contribution >= 0.6 is 38.5 Å². The lowest BCUT2D eigenvalue weighted by Gasteiger charge is -2.27. The minimum atomic E-state index is 0.0465. The van der Waals surface area contributed by atoms with Crippen LogP contribution in [0.3, 0.4) is 0 Å². The molecule has 0 radical (unpaired) electrons. The van der Waals surface area contributed by atoms with Crippen molar-refractivity contribution in [2.24, 2.45) is 5.92 Å². The van der Waals surface area contributed by atoms with Gasteiger partial charge in [-0.3, -0.25) is 4.79 Å². The highest BCUT2D eigenvalue weighted by atomic mass is 127. The summed E-state index contributed by atoms with van der Waals surface area (Å²) in [5.41, 5.74) is 0.778. The van der Waals surface area contributed by atoms with Gasteiger partial charge >= 0.3 is 0 Å². The number of carbonyl (C=O) groups is 1. The fourth-order valence-electron chi connectivity index (χ4n) is 2.36. The fourth-order valence-corrected chi connectivity index (χ4v) is 3.76. The number of amides is 1. The van der Waals surface area contributed by atoms with Crippen LogP contribution in [0.2, 0.25) is 0 Å². The Morgan fingerprint density at radius 2 is 2.06 bits per heavy atom. The van der Waals surface area contributed by atoms with Gasteiger partial charge in [-0.1, -0.05) is 40.9 Å². The third kappa shape index (κ3) is 3.70. The monoisotopic (exact) mass is 421 g/mol. The Morgan fingerprint density at radius 3 is 2.78 bits per heavy atom. The van der Waals surface area contributed by atoms with E-state index in [1.807, 2.05) is 24.3 Å². The van der Waals surface area contributed by atoms with Crippen LogP contribution in [0.1, 0.15) is 36.0 Å². The van der Waals surface area contributed by atoms with Gasteiger partial charge in [0.15, 0.2) is 0 Å². The summed E-state index contributed by atoms with van der Waals surface area (Å²) in [5.74, 6) is 0.620. The second-order valence-corrected chi connectivity index (χ2v) is 7.09. The first-order valence-corrected chi connectivity index (χ1v) is 8.34. The molecule has 0 saturated heterocycles. The predicted molar refractivity (Wildman–Crippen MR) is 86.2 cm³/mol. The zero-order valence-corrected chi connectivity index (χ0v) is 13.9. The van der Waals surface area contributed by atoms with E-state index in [-0.39, 0.29) is 5.91 Å². The molecule has 2 rings (SSSR count). The maximum absolute atomic E-state index is 12.1. The van der Waals surface area contributed by atoms with Gasteiger partial charge in [0.25, 0.3) is 5.91 Å². The highest BCUT2D eigenvalue weighted by Gasteiger charge is 2.23. The van der Waals surface area contributed by atoms with E-state index in [4.69, 9.17) is 0 Å². The van der Waals surface area contributed by atoms with E-state index in [0.717, 1.165) is 15.7 Å². The van der Waals surface area contributed by atoms with E-state index in [1.165, 1.54) is 25.7 Å². The topological polar surface area (TPSA) is 29.1 Å². The summed E-state index contributed by atoms with van der Waals surface area (Å²) in [7, 11) is 0. The van der Waals surface area contributed by atoms with Crippen molar-refractivity contribution in [1.29, 1.82) is 0 Å². The van der Waals surface area contributed by atoms with Crippen LogP contribution in [0.15, 0.2) is 24.3 Å². The van der Waals surface area contributed by atoms with Crippen LogP contribution in [-0.4, -0.2) is 17.3 Å². The van der Waals surface area contributed by atoms with Crippen molar-refractivity contribution in [3.8, 4) is 0 Å². The lowest BCUT2D eigenvalue weighted by atomic mass is 9.89. The number of alkyl halides is 1. The predicted octanol–water partition coefficient (Wildman–Crippen LogP) is 3.97. The molecule has 4 heteroatoms. The molecule has 1 aromatic rings. The van der Waals surface area contributed by atoms with Crippen molar-refractivity contribution >= 4 is 44.4 Å². The molecule has 18 heavy (non-hydrogen) atoms. The molecule has 1 aromatic carbocycles. The number of rotatable bonds is 3. The summed E-state index contributed by atoms with van der Waals surface area (Å²) in [6, 6.07) is 7.70. The van der Waals surface area contributed by atoms with Crippen molar-refractivity contribution in [3.05, 3.63) is 33.4 Å². The molecule has 98 valence electrons. The summed E-state index contributed by atoms with van der Waals surface area (Å²) < 4.78 is 1.01. The Balaban J connectivity index is 1.90. The molecule has 2 unspecified atom stereocenters. The molecular weight excluding hydrogens is 405 g/mol. The smallest absolute Gasteiger partial charge is 0.252 e. The summed E-state index contributed by atoms with van der Waals surface area (Å²) in [4.78, 5) is 12.6. The van der Waals surface area contributed by atoms with E-state index in [1.54, 1.807) is 0 Å². The Kier molecular flexibility index (Phi) is 5.48. The summed E-state index contributed by atoms with van der Waals surface area (Å²) in [6.07, 6.45) is 5.02. The van der Waals surface area contributed by atoms with E-state index in [2.05, 4.69) is 43.8 Å². The van der Waals surface area contributed by atoms with Crippen LogP contribution in [0.25, 0.3) is 0 Å². The zero-order chi connectivity index (χ0) is 13.0. The van der Waals surface area contributed by atoms with Crippen molar-refractivity contribution in [1.82, 2.24) is 5.32 Å². The average Bonchev–Trinajstić information content (AvgIpc) is 2.38. The van der Waals surface area contributed by atoms with Crippen molar-refractivity contribution in [3.63, 3.8) is 0 Å². The summed E-state index contributed by atoms with van der Waals surface area (Å²) in [5, 5.41) is 3.07. The Bertz CT molecular complexity index is 424. The second kappa shape index (κ2) is 6.89. The zero-order valence-electron chi connectivity index (χ0n) is 10.2. The molecule has 1 N–H and O–H groups in total. The molecule has 1 fully saturated rings. The summed E-state index contributed by atoms with van der Waals surface area (Å²) in [6.45, 7) is 0.778. The third-order valence-corrected chi connectivity index (χ3v) is 5.61. The average molecular weight is 422 g/mol. The first-order chi connectivity index (χ1) is 8.68. The number of carbonyl (C=O) groups excluding carboxylic acids is 1. The van der Waals surface area contributed by atoms with Crippen LogP contribution in [0, 0.1) is 9.49 Å². The highest BCUT2D eigenvalue weighted by molar-refractivity contribution is 14.1. The lowest BCUT2D eigenvalue weighted by Crippen LogP contribution is -2.34. The SMILES string of the molecule is O=C(NCC1CCCCC1Br)c1ccccc1I. The Labute approximate surface area is 130 Å². The van der Waals surface area contributed by atoms with E-state index < -0.39 is 0 Å². The standard InChI is InChI=1S/C14H17BrINO/c15-12-7-3-1-5-10(12)9-17-14(18)11-6-2-4-8-13(11)16/h2,4,6,8,10,12H,1,3,5,7,9H2,(H,17,18). The molecule has 2 nitrogen and oxygen atoms in total.